The minimum Gasteiger partial charge on any atom is -0.461 e. The number of aliphatic hydroxyl groups excluding tert-OH is 1. The second-order valence-corrected chi connectivity index (χ2v) is 4.74. The van der Waals surface area contributed by atoms with Crippen LogP contribution in [0.2, 0.25) is 0 Å². The van der Waals surface area contributed by atoms with Crippen molar-refractivity contribution in [1.82, 2.24) is 0 Å². The summed E-state index contributed by atoms with van der Waals surface area (Å²) < 4.78 is 5.23. The topological polar surface area (TPSA) is 46.5 Å². The van der Waals surface area contributed by atoms with Gasteiger partial charge in [-0.25, -0.2) is 0 Å². The Balaban J connectivity index is 1.92. The predicted octanol–water partition coefficient (Wildman–Crippen LogP) is 3.10. The maximum atomic E-state index is 11.9. The first kappa shape index (κ1) is 14.3. The number of hydrogen-bond acceptors (Lipinski definition) is 3. The van der Waals surface area contributed by atoms with E-state index in [-0.39, 0.29) is 6.61 Å². The molecule has 0 saturated carbocycles. The molecule has 0 aliphatic carbocycles. The second-order valence-electron chi connectivity index (χ2n) is 4.74. The molecule has 0 amide bonds. The standard InChI is InChI=1S/C17H18O3/c1-13(16(18)15-10-6-3-7-11-15)17(19)20-12-14-8-4-2-5-9-14/h2-11,13,16,18H,12H2,1H3/t13-,16-/m0/s1. The van der Waals surface area contributed by atoms with Gasteiger partial charge >= 0.3 is 5.97 Å². The molecule has 0 spiro atoms. The smallest absolute Gasteiger partial charge is 0.311 e. The van der Waals surface area contributed by atoms with Crippen LogP contribution in [0.5, 0.6) is 0 Å². The molecular weight excluding hydrogens is 252 g/mol. The molecule has 0 aliphatic heterocycles. The highest BCUT2D eigenvalue weighted by Gasteiger charge is 2.24. The van der Waals surface area contributed by atoms with Crippen molar-refractivity contribution in [3.05, 3.63) is 71.8 Å². The van der Waals surface area contributed by atoms with Gasteiger partial charge in [-0.2, -0.15) is 0 Å². The lowest BCUT2D eigenvalue weighted by molar-refractivity contribution is -0.153. The molecule has 0 heterocycles. The lowest BCUT2D eigenvalue weighted by Crippen LogP contribution is -2.21. The third-order valence-electron chi connectivity index (χ3n) is 3.21. The van der Waals surface area contributed by atoms with Gasteiger partial charge in [-0.1, -0.05) is 60.7 Å². The van der Waals surface area contributed by atoms with E-state index in [4.69, 9.17) is 4.74 Å². The van der Waals surface area contributed by atoms with E-state index in [1.807, 2.05) is 48.5 Å². The molecule has 0 fully saturated rings. The molecule has 2 aromatic rings. The first-order valence-electron chi connectivity index (χ1n) is 6.62. The highest BCUT2D eigenvalue weighted by molar-refractivity contribution is 5.73. The van der Waals surface area contributed by atoms with Gasteiger partial charge in [-0.05, 0) is 18.1 Å². The molecule has 0 bridgehead atoms. The highest BCUT2D eigenvalue weighted by Crippen LogP contribution is 2.22. The molecule has 0 unspecified atom stereocenters. The third-order valence-corrected chi connectivity index (χ3v) is 3.21. The van der Waals surface area contributed by atoms with Crippen LogP contribution in [-0.2, 0) is 16.1 Å². The van der Waals surface area contributed by atoms with Crippen molar-refractivity contribution >= 4 is 5.97 Å². The van der Waals surface area contributed by atoms with E-state index in [0.29, 0.717) is 0 Å². The summed E-state index contributed by atoms with van der Waals surface area (Å²) in [4.78, 5) is 11.9. The van der Waals surface area contributed by atoms with E-state index in [2.05, 4.69) is 0 Å². The molecule has 1 N–H and O–H groups in total. The van der Waals surface area contributed by atoms with Gasteiger partial charge in [0.15, 0.2) is 0 Å². The molecule has 2 atom stereocenters. The number of carbonyl (C=O) groups is 1. The van der Waals surface area contributed by atoms with Crippen molar-refractivity contribution in [3.63, 3.8) is 0 Å². The summed E-state index contributed by atoms with van der Waals surface area (Å²) in [5.41, 5.74) is 1.65. The Morgan fingerprint density at radius 1 is 1.05 bits per heavy atom. The van der Waals surface area contributed by atoms with Crippen LogP contribution < -0.4 is 0 Å². The molecule has 2 rings (SSSR count). The van der Waals surface area contributed by atoms with E-state index in [0.717, 1.165) is 11.1 Å². The monoisotopic (exact) mass is 270 g/mol. The molecule has 2 aromatic carbocycles. The van der Waals surface area contributed by atoms with E-state index >= 15 is 0 Å². The summed E-state index contributed by atoms with van der Waals surface area (Å²) >= 11 is 0. The van der Waals surface area contributed by atoms with Crippen LogP contribution >= 0.6 is 0 Å². The number of hydrogen-bond donors (Lipinski definition) is 1. The zero-order valence-corrected chi connectivity index (χ0v) is 11.4. The van der Waals surface area contributed by atoms with Gasteiger partial charge in [0.05, 0.1) is 12.0 Å². The van der Waals surface area contributed by atoms with Gasteiger partial charge in [0.25, 0.3) is 0 Å². The fourth-order valence-electron chi connectivity index (χ4n) is 1.93. The Labute approximate surface area is 118 Å². The average Bonchev–Trinajstić information content (AvgIpc) is 2.53. The van der Waals surface area contributed by atoms with Crippen LogP contribution in [0.4, 0.5) is 0 Å². The minimum absolute atomic E-state index is 0.228. The summed E-state index contributed by atoms with van der Waals surface area (Å²) in [5.74, 6) is -0.994. The molecule has 0 saturated heterocycles. The van der Waals surface area contributed by atoms with Gasteiger partial charge in [0, 0.05) is 0 Å². The summed E-state index contributed by atoms with van der Waals surface area (Å²) in [5, 5.41) is 10.2. The van der Waals surface area contributed by atoms with E-state index in [1.165, 1.54) is 0 Å². The van der Waals surface area contributed by atoms with Crippen molar-refractivity contribution in [2.45, 2.75) is 19.6 Å². The summed E-state index contributed by atoms with van der Waals surface area (Å²) in [7, 11) is 0. The van der Waals surface area contributed by atoms with E-state index in [9.17, 15) is 9.90 Å². The Morgan fingerprint density at radius 3 is 2.20 bits per heavy atom. The molecule has 3 nitrogen and oxygen atoms in total. The van der Waals surface area contributed by atoms with Crippen LogP contribution in [0.15, 0.2) is 60.7 Å². The van der Waals surface area contributed by atoms with Crippen LogP contribution in [-0.4, -0.2) is 11.1 Å². The van der Waals surface area contributed by atoms with Crippen LogP contribution in [0.25, 0.3) is 0 Å². The van der Waals surface area contributed by atoms with Crippen molar-refractivity contribution in [2.75, 3.05) is 0 Å². The number of rotatable bonds is 5. The zero-order chi connectivity index (χ0) is 14.4. The van der Waals surface area contributed by atoms with Gasteiger partial charge in [-0.3, -0.25) is 4.79 Å². The first-order valence-corrected chi connectivity index (χ1v) is 6.62. The lowest BCUT2D eigenvalue weighted by atomic mass is 9.98. The lowest BCUT2D eigenvalue weighted by Gasteiger charge is -2.18. The van der Waals surface area contributed by atoms with Gasteiger partial charge in [0.2, 0.25) is 0 Å². The molecule has 0 radical (unpaired) electrons. The molecule has 3 heteroatoms. The van der Waals surface area contributed by atoms with Crippen molar-refractivity contribution < 1.29 is 14.6 Å². The highest BCUT2D eigenvalue weighted by atomic mass is 16.5. The van der Waals surface area contributed by atoms with E-state index < -0.39 is 18.0 Å². The van der Waals surface area contributed by atoms with Crippen molar-refractivity contribution in [3.8, 4) is 0 Å². The Kier molecular flexibility index (Phi) is 4.91. The molecule has 20 heavy (non-hydrogen) atoms. The maximum absolute atomic E-state index is 11.9. The molecule has 0 aliphatic rings. The summed E-state index contributed by atoms with van der Waals surface area (Å²) in [6, 6.07) is 18.6. The molecule has 0 aromatic heterocycles. The Bertz CT molecular complexity index is 537. The fourth-order valence-corrected chi connectivity index (χ4v) is 1.93. The van der Waals surface area contributed by atoms with Crippen LogP contribution in [0, 0.1) is 5.92 Å². The third kappa shape index (κ3) is 3.68. The SMILES string of the molecule is C[C@H](C(=O)OCc1ccccc1)[C@H](O)c1ccccc1. The van der Waals surface area contributed by atoms with Crippen molar-refractivity contribution in [1.29, 1.82) is 0 Å². The number of esters is 1. The summed E-state index contributed by atoms with van der Waals surface area (Å²) in [6.45, 7) is 1.90. The Hall–Kier alpha value is -2.13. The van der Waals surface area contributed by atoms with Crippen LogP contribution in [0.3, 0.4) is 0 Å². The molecule has 104 valence electrons. The van der Waals surface area contributed by atoms with Gasteiger partial charge in [0.1, 0.15) is 6.61 Å². The average molecular weight is 270 g/mol. The fraction of sp³-hybridized carbons (Fsp3) is 0.235. The molecular formula is C17H18O3. The summed E-state index contributed by atoms with van der Waals surface area (Å²) in [6.07, 6.45) is -0.848. The largest absolute Gasteiger partial charge is 0.461 e. The van der Waals surface area contributed by atoms with Gasteiger partial charge < -0.3 is 9.84 Å². The van der Waals surface area contributed by atoms with Gasteiger partial charge in [-0.15, -0.1) is 0 Å². The number of aliphatic hydroxyl groups is 1. The predicted molar refractivity (Wildman–Crippen MR) is 76.8 cm³/mol. The van der Waals surface area contributed by atoms with Crippen molar-refractivity contribution in [2.24, 2.45) is 5.92 Å². The number of carbonyl (C=O) groups excluding carboxylic acids is 1. The number of ether oxygens (including phenoxy) is 1. The second kappa shape index (κ2) is 6.87. The van der Waals surface area contributed by atoms with Crippen LogP contribution in [0.1, 0.15) is 24.2 Å². The normalized spacial score (nSPS) is 13.5. The maximum Gasteiger partial charge on any atom is 0.311 e. The quantitative estimate of drug-likeness (QED) is 0.849. The van der Waals surface area contributed by atoms with E-state index in [1.54, 1.807) is 19.1 Å². The zero-order valence-electron chi connectivity index (χ0n) is 11.4. The first-order chi connectivity index (χ1) is 9.68. The minimum atomic E-state index is -0.848. The number of benzene rings is 2. The Morgan fingerprint density at radius 2 is 1.60 bits per heavy atom.